The second-order valence-electron chi connectivity index (χ2n) is 4.78. The van der Waals surface area contributed by atoms with Crippen molar-refractivity contribution in [1.82, 2.24) is 0 Å². The van der Waals surface area contributed by atoms with E-state index in [1.807, 2.05) is 12.1 Å². The first-order valence-electron chi connectivity index (χ1n) is 7.67. The molecule has 23 heavy (non-hydrogen) atoms. The lowest BCUT2D eigenvalue weighted by Gasteiger charge is -2.40. The van der Waals surface area contributed by atoms with E-state index in [0.29, 0.717) is 5.69 Å². The minimum absolute atomic E-state index is 0.180. The van der Waals surface area contributed by atoms with Gasteiger partial charge in [0.1, 0.15) is 0 Å². The molecule has 6 nitrogen and oxygen atoms in total. The van der Waals surface area contributed by atoms with E-state index in [1.54, 1.807) is 39.0 Å². The first-order chi connectivity index (χ1) is 11.1. The lowest BCUT2D eigenvalue weighted by Crippen LogP contribution is -2.60. The Balaban J connectivity index is 2.58. The van der Waals surface area contributed by atoms with Gasteiger partial charge in [0.15, 0.2) is 0 Å². The molecule has 1 unspecified atom stereocenters. The van der Waals surface area contributed by atoms with Gasteiger partial charge in [-0.05, 0) is 38.5 Å². The molecule has 0 N–H and O–H groups in total. The third kappa shape index (κ3) is 3.07. The molecule has 1 atom stereocenters. The predicted molar refractivity (Wildman–Crippen MR) is 86.0 cm³/mol. The maximum absolute atomic E-state index is 12.6. The van der Waals surface area contributed by atoms with Crippen molar-refractivity contribution in [2.24, 2.45) is 0 Å². The van der Waals surface area contributed by atoms with Crippen LogP contribution < -0.4 is 4.90 Å². The molecule has 1 aliphatic heterocycles. The highest BCUT2D eigenvalue weighted by Crippen LogP contribution is 2.37. The van der Waals surface area contributed by atoms with Crippen LogP contribution in [0.4, 0.5) is 10.5 Å². The Labute approximate surface area is 135 Å². The van der Waals surface area contributed by atoms with Crippen LogP contribution in [0.15, 0.2) is 30.3 Å². The van der Waals surface area contributed by atoms with Crippen LogP contribution in [0.1, 0.15) is 26.3 Å². The molecule has 1 aromatic rings. The summed E-state index contributed by atoms with van der Waals surface area (Å²) in [4.78, 5) is 26.3. The van der Waals surface area contributed by atoms with Crippen molar-refractivity contribution in [3.63, 3.8) is 0 Å². The third-order valence-corrected chi connectivity index (χ3v) is 3.38. The number of para-hydroxylation sites is 1. The van der Waals surface area contributed by atoms with Crippen LogP contribution >= 0.6 is 0 Å². The molecule has 1 heterocycles. The van der Waals surface area contributed by atoms with Crippen LogP contribution in [-0.4, -0.2) is 37.6 Å². The van der Waals surface area contributed by atoms with Crippen LogP contribution in [0, 0.1) is 0 Å². The molecule has 0 spiro atoms. The Hall–Kier alpha value is -2.34. The summed E-state index contributed by atoms with van der Waals surface area (Å²) >= 11 is 0. The number of esters is 1. The first-order valence-corrected chi connectivity index (χ1v) is 7.67. The van der Waals surface area contributed by atoms with Crippen molar-refractivity contribution in [3.8, 4) is 0 Å². The van der Waals surface area contributed by atoms with Gasteiger partial charge in [0, 0.05) is 6.61 Å². The van der Waals surface area contributed by atoms with Gasteiger partial charge in [0.05, 0.1) is 18.9 Å². The van der Waals surface area contributed by atoms with Gasteiger partial charge in [-0.2, -0.15) is 0 Å². The first kappa shape index (κ1) is 17.0. The lowest BCUT2D eigenvalue weighted by molar-refractivity contribution is -0.165. The number of fused-ring (bicyclic) bond motifs is 1. The lowest BCUT2D eigenvalue weighted by atomic mass is 10.00. The molecule has 0 saturated heterocycles. The standard InChI is InChI=1S/C17H21NO5/c1-4-21-15(19)17(23-6-3)12-11-13-9-7-8-10-14(13)18(17)16(20)22-5-2/h7-12H,4-6H2,1-3H3. The predicted octanol–water partition coefficient (Wildman–Crippen LogP) is 2.97. The number of hydrogen-bond donors (Lipinski definition) is 0. The number of amides is 1. The van der Waals surface area contributed by atoms with E-state index in [1.165, 1.54) is 11.0 Å². The average molecular weight is 319 g/mol. The van der Waals surface area contributed by atoms with Gasteiger partial charge in [0.2, 0.25) is 0 Å². The molecule has 6 heteroatoms. The number of nitrogens with zero attached hydrogens (tertiary/aromatic N) is 1. The molecule has 0 bridgehead atoms. The van der Waals surface area contributed by atoms with E-state index < -0.39 is 17.8 Å². The van der Waals surface area contributed by atoms with Gasteiger partial charge < -0.3 is 14.2 Å². The van der Waals surface area contributed by atoms with Gasteiger partial charge in [-0.1, -0.05) is 24.3 Å². The molecule has 0 aromatic heterocycles. The zero-order chi connectivity index (χ0) is 16.9. The molecule has 0 fully saturated rings. The number of hydrogen-bond acceptors (Lipinski definition) is 5. The van der Waals surface area contributed by atoms with Crippen LogP contribution in [0.2, 0.25) is 0 Å². The van der Waals surface area contributed by atoms with E-state index in [-0.39, 0.29) is 19.8 Å². The Bertz CT molecular complexity index is 613. The van der Waals surface area contributed by atoms with E-state index in [9.17, 15) is 9.59 Å². The summed E-state index contributed by atoms with van der Waals surface area (Å²) in [6, 6.07) is 7.22. The zero-order valence-corrected chi connectivity index (χ0v) is 13.6. The summed E-state index contributed by atoms with van der Waals surface area (Å²) in [5, 5.41) is 0. The van der Waals surface area contributed by atoms with Crippen molar-refractivity contribution in [2.75, 3.05) is 24.7 Å². The van der Waals surface area contributed by atoms with Crippen LogP contribution in [0.3, 0.4) is 0 Å². The van der Waals surface area contributed by atoms with Crippen LogP contribution in [-0.2, 0) is 19.0 Å². The van der Waals surface area contributed by atoms with Crippen LogP contribution in [0.25, 0.3) is 6.08 Å². The highest BCUT2D eigenvalue weighted by atomic mass is 16.6. The summed E-state index contributed by atoms with van der Waals surface area (Å²) in [6.45, 7) is 5.75. The van der Waals surface area contributed by atoms with Crippen molar-refractivity contribution >= 4 is 23.8 Å². The number of carbonyl (C=O) groups is 2. The smallest absolute Gasteiger partial charge is 0.417 e. The van der Waals surface area contributed by atoms with Gasteiger partial charge in [-0.15, -0.1) is 0 Å². The van der Waals surface area contributed by atoms with E-state index in [2.05, 4.69) is 0 Å². The Kier molecular flexibility index (Phi) is 5.39. The minimum atomic E-state index is -1.66. The second-order valence-corrected chi connectivity index (χ2v) is 4.78. The van der Waals surface area contributed by atoms with Crippen molar-refractivity contribution in [1.29, 1.82) is 0 Å². The van der Waals surface area contributed by atoms with Crippen molar-refractivity contribution < 1.29 is 23.8 Å². The number of anilines is 1. The maximum Gasteiger partial charge on any atom is 0.417 e. The molecule has 0 aliphatic carbocycles. The molecular formula is C17H21NO5. The molecule has 1 amide bonds. The topological polar surface area (TPSA) is 65.1 Å². The Morgan fingerprint density at radius 3 is 2.39 bits per heavy atom. The summed E-state index contributed by atoms with van der Waals surface area (Å²) in [5.41, 5.74) is -0.333. The molecule has 0 saturated carbocycles. The molecule has 1 aromatic carbocycles. The zero-order valence-electron chi connectivity index (χ0n) is 13.6. The van der Waals surface area contributed by atoms with Gasteiger partial charge in [-0.3, -0.25) is 0 Å². The summed E-state index contributed by atoms with van der Waals surface area (Å²) in [5.74, 6) is -0.652. The van der Waals surface area contributed by atoms with Crippen LogP contribution in [0.5, 0.6) is 0 Å². The fraction of sp³-hybridized carbons (Fsp3) is 0.412. The Morgan fingerprint density at radius 1 is 1.04 bits per heavy atom. The average Bonchev–Trinajstić information content (AvgIpc) is 2.55. The summed E-state index contributed by atoms with van der Waals surface area (Å²) in [6.07, 6.45) is 2.62. The van der Waals surface area contributed by atoms with Crippen molar-refractivity contribution in [3.05, 3.63) is 35.9 Å². The van der Waals surface area contributed by atoms with Gasteiger partial charge in [-0.25, -0.2) is 14.5 Å². The largest absolute Gasteiger partial charge is 0.462 e. The number of benzene rings is 1. The number of rotatable bonds is 5. The van der Waals surface area contributed by atoms with Gasteiger partial charge in [0.25, 0.3) is 5.72 Å². The molecule has 0 radical (unpaired) electrons. The second kappa shape index (κ2) is 7.28. The summed E-state index contributed by atoms with van der Waals surface area (Å²) in [7, 11) is 0. The Morgan fingerprint density at radius 2 is 1.74 bits per heavy atom. The SMILES string of the molecule is CCOC(=O)N1c2ccccc2C=CC1(OCC)C(=O)OCC. The van der Waals surface area contributed by atoms with E-state index in [0.717, 1.165) is 5.56 Å². The maximum atomic E-state index is 12.6. The minimum Gasteiger partial charge on any atom is -0.462 e. The van der Waals surface area contributed by atoms with E-state index >= 15 is 0 Å². The van der Waals surface area contributed by atoms with E-state index in [4.69, 9.17) is 14.2 Å². The van der Waals surface area contributed by atoms with Gasteiger partial charge >= 0.3 is 12.1 Å². The normalized spacial score (nSPS) is 19.2. The van der Waals surface area contributed by atoms with Crippen molar-refractivity contribution in [2.45, 2.75) is 26.5 Å². The fourth-order valence-electron chi connectivity index (χ4n) is 2.50. The summed E-state index contributed by atoms with van der Waals surface area (Å²) < 4.78 is 16.0. The monoisotopic (exact) mass is 319 g/mol. The number of ether oxygens (including phenoxy) is 3. The highest BCUT2D eigenvalue weighted by molar-refractivity contribution is 6.03. The molecule has 2 rings (SSSR count). The highest BCUT2D eigenvalue weighted by Gasteiger charge is 2.51. The fourth-order valence-corrected chi connectivity index (χ4v) is 2.50. The third-order valence-electron chi connectivity index (χ3n) is 3.38. The molecule has 124 valence electrons. The molecule has 1 aliphatic rings. The quantitative estimate of drug-likeness (QED) is 0.781. The number of carbonyl (C=O) groups excluding carboxylic acids is 2. The molecular weight excluding hydrogens is 298 g/mol.